The molecular formula is C13H16ClNO3. The fourth-order valence-electron chi connectivity index (χ4n) is 1.14. The average Bonchev–Trinajstić information content (AvgIpc) is 2.37. The molecule has 0 bridgehead atoms. The first-order valence-electron chi connectivity index (χ1n) is 5.79. The smallest absolute Gasteiger partial charge is 0.347 e. The number of unbranched alkanes of at least 4 members (excludes halogenated alkanes) is 1. The summed E-state index contributed by atoms with van der Waals surface area (Å²) < 4.78 is 4.89. The molecule has 0 aliphatic rings. The van der Waals surface area contributed by atoms with Crippen molar-refractivity contribution in [1.29, 1.82) is 0 Å². The highest BCUT2D eigenvalue weighted by Gasteiger charge is 2.01. The topological polar surface area (TPSA) is 47.9 Å². The number of hydrogen-bond acceptors (Lipinski definition) is 4. The molecule has 1 rings (SSSR count). The summed E-state index contributed by atoms with van der Waals surface area (Å²) in [6, 6.07) is 7.22. The Bertz CT molecular complexity index is 407. The number of hydrogen-bond donors (Lipinski definition) is 0. The number of rotatable bonds is 7. The summed E-state index contributed by atoms with van der Waals surface area (Å²) in [5.41, 5.74) is 0.735. The minimum atomic E-state index is -0.417. The predicted octanol–water partition coefficient (Wildman–Crippen LogP) is 3.03. The van der Waals surface area contributed by atoms with Gasteiger partial charge in [0, 0.05) is 10.6 Å². The van der Waals surface area contributed by atoms with Crippen LogP contribution in [0, 0.1) is 0 Å². The SMILES string of the molecule is CCCCOC(=O)CO/N=C/c1ccccc1Cl. The maximum absolute atomic E-state index is 11.1. The van der Waals surface area contributed by atoms with Crippen molar-refractivity contribution in [2.24, 2.45) is 5.16 Å². The summed E-state index contributed by atoms with van der Waals surface area (Å²) in [7, 11) is 0. The zero-order valence-electron chi connectivity index (χ0n) is 10.3. The largest absolute Gasteiger partial charge is 0.463 e. The molecule has 0 radical (unpaired) electrons. The Morgan fingerprint density at radius 1 is 1.44 bits per heavy atom. The number of benzene rings is 1. The van der Waals surface area contributed by atoms with Gasteiger partial charge in [0.05, 0.1) is 12.8 Å². The quantitative estimate of drug-likeness (QED) is 0.331. The summed E-state index contributed by atoms with van der Waals surface area (Å²) >= 11 is 5.91. The van der Waals surface area contributed by atoms with E-state index in [1.807, 2.05) is 19.1 Å². The standard InChI is InChI=1S/C13H16ClNO3/c1-2-3-8-17-13(16)10-18-15-9-11-6-4-5-7-12(11)14/h4-7,9H,2-3,8,10H2,1H3/b15-9+. The number of carbonyl (C=O) groups excluding carboxylic acids is 1. The second-order valence-electron chi connectivity index (χ2n) is 3.60. The van der Waals surface area contributed by atoms with Gasteiger partial charge in [-0.3, -0.25) is 0 Å². The first kappa shape index (κ1) is 14.5. The van der Waals surface area contributed by atoms with Crippen molar-refractivity contribution in [3.63, 3.8) is 0 Å². The van der Waals surface area contributed by atoms with Crippen molar-refractivity contribution in [3.05, 3.63) is 34.9 Å². The van der Waals surface area contributed by atoms with Crippen LogP contribution in [0.2, 0.25) is 5.02 Å². The zero-order chi connectivity index (χ0) is 13.2. The van der Waals surface area contributed by atoms with E-state index in [9.17, 15) is 4.79 Å². The molecular weight excluding hydrogens is 254 g/mol. The van der Waals surface area contributed by atoms with Crippen LogP contribution in [0.25, 0.3) is 0 Å². The van der Waals surface area contributed by atoms with Crippen LogP contribution in [-0.4, -0.2) is 25.4 Å². The lowest BCUT2D eigenvalue weighted by Gasteiger charge is -2.02. The Hall–Kier alpha value is -1.55. The van der Waals surface area contributed by atoms with E-state index in [0.29, 0.717) is 11.6 Å². The summed E-state index contributed by atoms with van der Waals surface area (Å²) in [5, 5.41) is 4.24. The highest BCUT2D eigenvalue weighted by molar-refractivity contribution is 6.33. The number of esters is 1. The molecule has 0 saturated heterocycles. The molecule has 0 atom stereocenters. The molecule has 1 aromatic carbocycles. The summed E-state index contributed by atoms with van der Waals surface area (Å²) in [6.07, 6.45) is 3.30. The Kier molecular flexibility index (Phi) is 6.87. The number of nitrogens with zero attached hydrogens (tertiary/aromatic N) is 1. The Balaban J connectivity index is 2.25. The second-order valence-corrected chi connectivity index (χ2v) is 4.01. The number of oxime groups is 1. The second kappa shape index (κ2) is 8.53. The van der Waals surface area contributed by atoms with E-state index in [1.165, 1.54) is 6.21 Å². The van der Waals surface area contributed by atoms with Crippen molar-refractivity contribution in [3.8, 4) is 0 Å². The van der Waals surface area contributed by atoms with Crippen molar-refractivity contribution in [2.45, 2.75) is 19.8 Å². The Morgan fingerprint density at radius 2 is 2.22 bits per heavy atom. The monoisotopic (exact) mass is 269 g/mol. The Labute approximate surface area is 112 Å². The van der Waals surface area contributed by atoms with E-state index in [-0.39, 0.29) is 6.61 Å². The molecule has 0 heterocycles. The maximum atomic E-state index is 11.1. The van der Waals surface area contributed by atoms with E-state index in [2.05, 4.69) is 5.16 Å². The van der Waals surface area contributed by atoms with Gasteiger partial charge in [-0.1, -0.05) is 48.3 Å². The Morgan fingerprint density at radius 3 is 2.94 bits per heavy atom. The first-order valence-corrected chi connectivity index (χ1v) is 6.17. The van der Waals surface area contributed by atoms with Crippen LogP contribution in [0.1, 0.15) is 25.3 Å². The van der Waals surface area contributed by atoms with Gasteiger partial charge in [-0.2, -0.15) is 0 Å². The summed E-state index contributed by atoms with van der Waals surface area (Å²) in [6.45, 7) is 2.26. The van der Waals surface area contributed by atoms with Crippen LogP contribution in [-0.2, 0) is 14.4 Å². The highest BCUT2D eigenvalue weighted by atomic mass is 35.5. The van der Waals surface area contributed by atoms with E-state index < -0.39 is 5.97 Å². The van der Waals surface area contributed by atoms with E-state index >= 15 is 0 Å². The number of halogens is 1. The molecule has 0 fully saturated rings. The van der Waals surface area contributed by atoms with Crippen LogP contribution < -0.4 is 0 Å². The molecule has 0 aliphatic carbocycles. The molecule has 0 aliphatic heterocycles. The molecule has 0 aromatic heterocycles. The van der Waals surface area contributed by atoms with Crippen LogP contribution in [0.3, 0.4) is 0 Å². The minimum absolute atomic E-state index is 0.190. The fourth-order valence-corrected chi connectivity index (χ4v) is 1.32. The molecule has 4 nitrogen and oxygen atoms in total. The maximum Gasteiger partial charge on any atom is 0.347 e. The van der Waals surface area contributed by atoms with Crippen LogP contribution >= 0.6 is 11.6 Å². The van der Waals surface area contributed by atoms with Crippen molar-refractivity contribution in [2.75, 3.05) is 13.2 Å². The third-order valence-electron chi connectivity index (χ3n) is 2.11. The minimum Gasteiger partial charge on any atom is -0.463 e. The van der Waals surface area contributed by atoms with Crippen LogP contribution in [0.5, 0.6) is 0 Å². The number of ether oxygens (including phenoxy) is 1. The van der Waals surface area contributed by atoms with Gasteiger partial charge in [0.1, 0.15) is 0 Å². The summed E-state index contributed by atoms with van der Waals surface area (Å²) in [5.74, 6) is -0.417. The van der Waals surface area contributed by atoms with Crippen LogP contribution in [0.4, 0.5) is 0 Å². The fraction of sp³-hybridized carbons (Fsp3) is 0.385. The van der Waals surface area contributed by atoms with Gasteiger partial charge in [0.25, 0.3) is 0 Å². The molecule has 0 unspecified atom stereocenters. The first-order chi connectivity index (χ1) is 8.74. The van der Waals surface area contributed by atoms with Gasteiger partial charge >= 0.3 is 5.97 Å². The molecule has 1 aromatic rings. The lowest BCUT2D eigenvalue weighted by Crippen LogP contribution is -2.11. The van der Waals surface area contributed by atoms with Gasteiger partial charge < -0.3 is 9.57 Å². The average molecular weight is 270 g/mol. The predicted molar refractivity (Wildman–Crippen MR) is 70.9 cm³/mol. The van der Waals surface area contributed by atoms with Gasteiger partial charge in [-0.05, 0) is 12.5 Å². The third kappa shape index (κ3) is 5.68. The van der Waals surface area contributed by atoms with Crippen molar-refractivity contribution >= 4 is 23.8 Å². The molecule has 18 heavy (non-hydrogen) atoms. The zero-order valence-corrected chi connectivity index (χ0v) is 11.0. The lowest BCUT2D eigenvalue weighted by molar-refractivity contribution is -0.149. The van der Waals surface area contributed by atoms with Gasteiger partial charge in [0.2, 0.25) is 6.61 Å². The number of carbonyl (C=O) groups is 1. The molecule has 98 valence electrons. The summed E-state index contributed by atoms with van der Waals surface area (Å²) in [4.78, 5) is 16.0. The van der Waals surface area contributed by atoms with E-state index in [1.54, 1.807) is 12.1 Å². The highest BCUT2D eigenvalue weighted by Crippen LogP contribution is 2.12. The molecule has 0 spiro atoms. The van der Waals surface area contributed by atoms with Gasteiger partial charge in [0.15, 0.2) is 0 Å². The van der Waals surface area contributed by atoms with E-state index in [4.69, 9.17) is 21.2 Å². The molecule has 0 amide bonds. The normalized spacial score (nSPS) is 10.6. The van der Waals surface area contributed by atoms with Crippen molar-refractivity contribution < 1.29 is 14.4 Å². The third-order valence-corrected chi connectivity index (χ3v) is 2.46. The lowest BCUT2D eigenvalue weighted by atomic mass is 10.2. The molecule has 0 saturated carbocycles. The van der Waals surface area contributed by atoms with Gasteiger partial charge in [-0.25, -0.2) is 4.79 Å². The molecule has 0 N–H and O–H groups in total. The van der Waals surface area contributed by atoms with Gasteiger partial charge in [-0.15, -0.1) is 0 Å². The van der Waals surface area contributed by atoms with Crippen LogP contribution in [0.15, 0.2) is 29.4 Å². The molecule has 5 heteroatoms. The van der Waals surface area contributed by atoms with E-state index in [0.717, 1.165) is 18.4 Å². The van der Waals surface area contributed by atoms with Crippen molar-refractivity contribution in [1.82, 2.24) is 0 Å².